The number of aliphatic hydroxyl groups excluding tert-OH is 1. The van der Waals surface area contributed by atoms with E-state index in [1.165, 1.54) is 0 Å². The zero-order valence-electron chi connectivity index (χ0n) is 5.42. The zero-order valence-corrected chi connectivity index (χ0v) is 5.42. The third kappa shape index (κ3) is 1.49. The van der Waals surface area contributed by atoms with Crippen LogP contribution in [0.1, 0.15) is 13.3 Å². The summed E-state index contributed by atoms with van der Waals surface area (Å²) in [5.74, 6) is 1.17. The highest BCUT2D eigenvalue weighted by atomic mass is 16.5. The second kappa shape index (κ2) is 2.58. The van der Waals surface area contributed by atoms with E-state index in [4.69, 9.17) is 9.84 Å². The molecular weight excluding hydrogens is 116 g/mol. The van der Waals surface area contributed by atoms with Gasteiger partial charge in [0.1, 0.15) is 11.5 Å². The second-order valence-electron chi connectivity index (χ2n) is 1.88. The van der Waals surface area contributed by atoms with Crippen LogP contribution in [-0.4, -0.2) is 11.7 Å². The molecule has 1 rings (SSSR count). The van der Waals surface area contributed by atoms with Gasteiger partial charge in [-0.1, -0.05) is 0 Å². The van der Waals surface area contributed by atoms with Crippen molar-refractivity contribution in [1.29, 1.82) is 0 Å². The summed E-state index contributed by atoms with van der Waals surface area (Å²) >= 11 is 0. The Balaban J connectivity index is 2.41. The molecule has 0 spiro atoms. The Morgan fingerprint density at radius 1 is 1.78 bits per heavy atom. The molecule has 0 aliphatic heterocycles. The van der Waals surface area contributed by atoms with E-state index in [-0.39, 0.29) is 0 Å². The van der Waals surface area contributed by atoms with E-state index in [0.29, 0.717) is 12.4 Å². The Bertz CT molecular complexity index is 156. The summed E-state index contributed by atoms with van der Waals surface area (Å²) in [6, 6.07) is 0. The molecule has 2 nitrogen and oxygen atoms in total. The van der Waals surface area contributed by atoms with Gasteiger partial charge in [-0.2, -0.15) is 0 Å². The Morgan fingerprint density at radius 2 is 2.56 bits per heavy atom. The van der Waals surface area contributed by atoms with Gasteiger partial charge in [-0.15, -0.1) is 0 Å². The maximum atomic E-state index is 8.83. The van der Waals surface area contributed by atoms with Crippen molar-refractivity contribution in [3.63, 3.8) is 0 Å². The second-order valence-corrected chi connectivity index (χ2v) is 1.88. The summed E-state index contributed by atoms with van der Waals surface area (Å²) in [6.07, 6.45) is 4.11. The van der Waals surface area contributed by atoms with E-state index in [0.717, 1.165) is 12.2 Å². The summed E-state index contributed by atoms with van der Waals surface area (Å²) in [6.45, 7) is 2.60. The highest BCUT2D eigenvalue weighted by Crippen LogP contribution is 2.15. The highest BCUT2D eigenvalue weighted by molar-refractivity contribution is 5.23. The van der Waals surface area contributed by atoms with Gasteiger partial charge in [0.15, 0.2) is 0 Å². The van der Waals surface area contributed by atoms with Crippen LogP contribution in [0.25, 0.3) is 0 Å². The number of aliphatic hydroxyl groups is 1. The van der Waals surface area contributed by atoms with E-state index < -0.39 is 0 Å². The van der Waals surface area contributed by atoms with Gasteiger partial charge < -0.3 is 9.84 Å². The van der Waals surface area contributed by atoms with Crippen molar-refractivity contribution in [2.45, 2.75) is 13.3 Å². The topological polar surface area (TPSA) is 29.5 Å². The summed E-state index contributed by atoms with van der Waals surface area (Å²) in [5.41, 5.74) is 0. The van der Waals surface area contributed by atoms with Gasteiger partial charge >= 0.3 is 0 Å². The van der Waals surface area contributed by atoms with Crippen molar-refractivity contribution in [2.24, 2.45) is 0 Å². The first-order valence-electron chi connectivity index (χ1n) is 3.05. The average Bonchev–Trinajstić information content (AvgIpc) is 2.17. The fraction of sp³-hybridized carbons (Fsp3) is 0.429. The lowest BCUT2D eigenvalue weighted by molar-refractivity contribution is 0.225. The van der Waals surface area contributed by atoms with Crippen molar-refractivity contribution >= 4 is 0 Å². The number of hydrogen-bond donors (Lipinski definition) is 1. The van der Waals surface area contributed by atoms with Crippen LogP contribution >= 0.6 is 0 Å². The molecular formula is C7H10O2. The number of hydrogen-bond acceptors (Lipinski definition) is 2. The van der Waals surface area contributed by atoms with Gasteiger partial charge in [0.2, 0.25) is 0 Å². The molecule has 0 saturated carbocycles. The van der Waals surface area contributed by atoms with E-state index >= 15 is 0 Å². The Labute approximate surface area is 54.5 Å². The van der Waals surface area contributed by atoms with Crippen LogP contribution in [-0.2, 0) is 4.74 Å². The predicted octanol–water partition coefficient (Wildman–Crippen LogP) is 1.75. The van der Waals surface area contributed by atoms with E-state index in [1.807, 2.05) is 6.92 Å². The lowest BCUT2D eigenvalue weighted by Crippen LogP contribution is -1.86. The minimum atomic E-state index is 0.318. The van der Waals surface area contributed by atoms with Gasteiger partial charge in [0.05, 0.1) is 6.61 Å². The molecule has 0 fully saturated rings. The Hall–Kier alpha value is -0.920. The van der Waals surface area contributed by atoms with E-state index in [2.05, 4.69) is 0 Å². The first-order chi connectivity index (χ1) is 4.33. The predicted molar refractivity (Wildman–Crippen MR) is 35.0 cm³/mol. The molecule has 0 amide bonds. The van der Waals surface area contributed by atoms with Crippen LogP contribution in [0.3, 0.4) is 0 Å². The standard InChI is InChI=1S/C7H10O2/c1-2-9-7-4-3-6(8)5-7/h3,5,8H,2,4H2,1H3. The molecule has 0 aromatic rings. The molecule has 0 unspecified atom stereocenters. The van der Waals surface area contributed by atoms with Gasteiger partial charge in [-0.05, 0) is 13.0 Å². The zero-order chi connectivity index (χ0) is 6.69. The summed E-state index contributed by atoms with van der Waals surface area (Å²) < 4.78 is 5.12. The van der Waals surface area contributed by atoms with Crippen LogP contribution < -0.4 is 0 Å². The van der Waals surface area contributed by atoms with Crippen LogP contribution in [0.5, 0.6) is 0 Å². The van der Waals surface area contributed by atoms with Gasteiger partial charge in [0, 0.05) is 12.5 Å². The molecule has 0 atom stereocenters. The molecule has 9 heavy (non-hydrogen) atoms. The molecule has 1 aliphatic carbocycles. The number of allylic oxidation sites excluding steroid dienone is 2. The molecule has 0 saturated heterocycles. The molecule has 50 valence electrons. The minimum Gasteiger partial charge on any atom is -0.508 e. The molecule has 0 radical (unpaired) electrons. The first-order valence-corrected chi connectivity index (χ1v) is 3.05. The van der Waals surface area contributed by atoms with Crippen LogP contribution in [0.4, 0.5) is 0 Å². The molecule has 2 heteroatoms. The quantitative estimate of drug-likeness (QED) is 0.610. The van der Waals surface area contributed by atoms with Gasteiger partial charge in [-0.25, -0.2) is 0 Å². The molecule has 1 N–H and O–H groups in total. The lowest BCUT2D eigenvalue weighted by atomic mass is 10.4. The molecule has 0 aromatic carbocycles. The Kier molecular flexibility index (Phi) is 1.78. The van der Waals surface area contributed by atoms with Gasteiger partial charge in [0.25, 0.3) is 0 Å². The highest BCUT2D eigenvalue weighted by Gasteiger charge is 2.03. The smallest absolute Gasteiger partial charge is 0.115 e. The number of rotatable bonds is 2. The lowest BCUT2D eigenvalue weighted by Gasteiger charge is -1.99. The van der Waals surface area contributed by atoms with Crippen molar-refractivity contribution in [1.82, 2.24) is 0 Å². The SMILES string of the molecule is CCOC1=CC(O)=CC1. The number of ether oxygens (including phenoxy) is 1. The average molecular weight is 126 g/mol. The molecule has 1 aliphatic rings. The first kappa shape index (κ1) is 6.20. The van der Waals surface area contributed by atoms with Gasteiger partial charge in [-0.3, -0.25) is 0 Å². The third-order valence-corrected chi connectivity index (χ3v) is 1.15. The maximum absolute atomic E-state index is 8.83. The molecule has 0 bridgehead atoms. The largest absolute Gasteiger partial charge is 0.508 e. The fourth-order valence-corrected chi connectivity index (χ4v) is 0.774. The normalized spacial score (nSPS) is 17.0. The Morgan fingerprint density at radius 3 is 3.00 bits per heavy atom. The van der Waals surface area contributed by atoms with Crippen LogP contribution in [0.15, 0.2) is 23.7 Å². The van der Waals surface area contributed by atoms with Crippen molar-refractivity contribution < 1.29 is 9.84 Å². The monoisotopic (exact) mass is 126 g/mol. The maximum Gasteiger partial charge on any atom is 0.115 e. The minimum absolute atomic E-state index is 0.318. The fourth-order valence-electron chi connectivity index (χ4n) is 0.774. The summed E-state index contributed by atoms with van der Waals surface area (Å²) in [5, 5.41) is 8.83. The van der Waals surface area contributed by atoms with Crippen LogP contribution in [0, 0.1) is 0 Å². The molecule has 0 heterocycles. The molecule has 0 aromatic heterocycles. The van der Waals surface area contributed by atoms with Crippen molar-refractivity contribution in [3.8, 4) is 0 Å². The van der Waals surface area contributed by atoms with Crippen LogP contribution in [0.2, 0.25) is 0 Å². The van der Waals surface area contributed by atoms with Crippen molar-refractivity contribution in [2.75, 3.05) is 6.61 Å². The summed E-state index contributed by atoms with van der Waals surface area (Å²) in [7, 11) is 0. The third-order valence-electron chi connectivity index (χ3n) is 1.15. The summed E-state index contributed by atoms with van der Waals surface area (Å²) in [4.78, 5) is 0. The van der Waals surface area contributed by atoms with E-state index in [1.54, 1.807) is 12.2 Å². The van der Waals surface area contributed by atoms with Crippen molar-refractivity contribution in [3.05, 3.63) is 23.7 Å². The van der Waals surface area contributed by atoms with E-state index in [9.17, 15) is 0 Å².